The van der Waals surface area contributed by atoms with Crippen LogP contribution in [0.5, 0.6) is 0 Å². The summed E-state index contributed by atoms with van der Waals surface area (Å²) in [6, 6.07) is 0.195. The number of nitrogens with zero attached hydrogens (tertiary/aromatic N) is 1. The largest absolute Gasteiger partial charge is 0.380 e. The number of rotatable bonds is 13. The van der Waals surface area contributed by atoms with E-state index in [1.807, 2.05) is 0 Å². The minimum absolute atomic E-state index is 0.0776. The third-order valence-corrected chi connectivity index (χ3v) is 7.16. The van der Waals surface area contributed by atoms with Crippen LogP contribution in [0, 0.1) is 5.92 Å². The smallest absolute Gasteiger partial charge is 0.358 e. The third-order valence-electron chi connectivity index (χ3n) is 6.35. The Morgan fingerprint density at radius 2 is 1.66 bits per heavy atom. The number of piperidine rings is 1. The number of unbranched alkanes of at least 4 members (excludes halogenated alkanes) is 2. The standard InChI is InChI=1S/C21H36N4O6S/c26-20-18(19(21(20)27)24-17-9-12-22-13-10-17)23-11-5-2-6-14-25(32(28,29)30)31-15-16-7-3-1-4-8-16/h16-17,22-24H,1-15H2,(H,28,29,30). The first-order valence-corrected chi connectivity index (χ1v) is 13.2. The molecule has 0 radical (unpaired) electrons. The van der Waals surface area contributed by atoms with Crippen molar-refractivity contribution in [1.82, 2.24) is 9.79 Å². The zero-order chi connectivity index (χ0) is 23.0. The maximum atomic E-state index is 11.9. The van der Waals surface area contributed by atoms with Crippen molar-refractivity contribution in [2.24, 2.45) is 5.92 Å². The zero-order valence-corrected chi connectivity index (χ0v) is 19.4. The summed E-state index contributed by atoms with van der Waals surface area (Å²) < 4.78 is 33.3. The minimum atomic E-state index is -4.41. The molecule has 0 bridgehead atoms. The van der Waals surface area contributed by atoms with Gasteiger partial charge in [0.2, 0.25) is 0 Å². The van der Waals surface area contributed by atoms with Crippen LogP contribution >= 0.6 is 0 Å². The molecule has 1 saturated carbocycles. The maximum absolute atomic E-state index is 11.9. The van der Waals surface area contributed by atoms with Crippen LogP contribution in [0.3, 0.4) is 0 Å². The zero-order valence-electron chi connectivity index (χ0n) is 18.6. The van der Waals surface area contributed by atoms with Gasteiger partial charge in [0.25, 0.3) is 10.9 Å². The van der Waals surface area contributed by atoms with E-state index in [1.165, 1.54) is 6.42 Å². The van der Waals surface area contributed by atoms with Crippen molar-refractivity contribution < 1.29 is 17.8 Å². The molecule has 0 unspecified atom stereocenters. The van der Waals surface area contributed by atoms with Gasteiger partial charge in [0.15, 0.2) is 0 Å². The quantitative estimate of drug-likeness (QED) is 0.146. The molecule has 10 nitrogen and oxygen atoms in total. The van der Waals surface area contributed by atoms with Gasteiger partial charge < -0.3 is 16.0 Å². The van der Waals surface area contributed by atoms with Crippen molar-refractivity contribution in [2.45, 2.75) is 70.3 Å². The van der Waals surface area contributed by atoms with Crippen molar-refractivity contribution in [3.63, 3.8) is 0 Å². The van der Waals surface area contributed by atoms with Gasteiger partial charge in [-0.15, -0.1) is 0 Å². The Morgan fingerprint density at radius 1 is 0.969 bits per heavy atom. The van der Waals surface area contributed by atoms with E-state index in [9.17, 15) is 22.6 Å². The molecule has 1 aliphatic carbocycles. The second kappa shape index (κ2) is 12.1. The molecule has 4 N–H and O–H groups in total. The number of hydrogen-bond donors (Lipinski definition) is 4. The summed E-state index contributed by atoms with van der Waals surface area (Å²) in [5.74, 6) is 0.334. The maximum Gasteiger partial charge on any atom is 0.358 e. The highest BCUT2D eigenvalue weighted by atomic mass is 32.2. The van der Waals surface area contributed by atoms with E-state index < -0.39 is 21.2 Å². The summed E-state index contributed by atoms with van der Waals surface area (Å²) in [5.41, 5.74) is -0.223. The van der Waals surface area contributed by atoms with Crippen LogP contribution in [0.2, 0.25) is 0 Å². The minimum Gasteiger partial charge on any atom is -0.380 e. The van der Waals surface area contributed by atoms with E-state index in [4.69, 9.17) is 4.84 Å². The molecular formula is C21H36N4O6S. The van der Waals surface area contributed by atoms with Gasteiger partial charge in [-0.1, -0.05) is 30.2 Å². The summed E-state index contributed by atoms with van der Waals surface area (Å²) in [5, 5.41) is 9.50. The lowest BCUT2D eigenvalue weighted by Crippen LogP contribution is -2.42. The lowest BCUT2D eigenvalue weighted by Gasteiger charge is -2.26. The van der Waals surface area contributed by atoms with Gasteiger partial charge in [-0.3, -0.25) is 19.0 Å². The molecule has 0 amide bonds. The first kappa shape index (κ1) is 25.1. The number of hydroxylamine groups is 1. The summed E-state index contributed by atoms with van der Waals surface area (Å²) in [6.07, 6.45) is 9.21. The molecule has 32 heavy (non-hydrogen) atoms. The SMILES string of the molecule is O=c1c(NCCCCCN(OCC2CCCCC2)S(=O)(=O)O)c(NC2CCNCC2)c1=O. The van der Waals surface area contributed by atoms with Gasteiger partial charge in [0.1, 0.15) is 11.4 Å². The van der Waals surface area contributed by atoms with Crippen molar-refractivity contribution in [2.75, 3.05) is 43.4 Å². The van der Waals surface area contributed by atoms with Crippen LogP contribution in [-0.4, -0.2) is 56.3 Å². The lowest BCUT2D eigenvalue weighted by molar-refractivity contribution is -0.108. The summed E-state index contributed by atoms with van der Waals surface area (Å²) in [7, 11) is -4.41. The highest BCUT2D eigenvalue weighted by molar-refractivity contribution is 7.83. The van der Waals surface area contributed by atoms with Gasteiger partial charge >= 0.3 is 10.3 Å². The molecule has 11 heteroatoms. The highest BCUT2D eigenvalue weighted by Crippen LogP contribution is 2.24. The van der Waals surface area contributed by atoms with E-state index >= 15 is 0 Å². The molecule has 2 aliphatic rings. The Bertz CT molecular complexity index is 887. The molecule has 1 aromatic rings. The summed E-state index contributed by atoms with van der Waals surface area (Å²) in [6.45, 7) is 2.66. The molecule has 1 saturated heterocycles. The van der Waals surface area contributed by atoms with Gasteiger partial charge in [-0.2, -0.15) is 8.42 Å². The number of anilines is 2. The molecule has 0 spiro atoms. The topological polar surface area (TPSA) is 137 Å². The van der Waals surface area contributed by atoms with Gasteiger partial charge in [0, 0.05) is 19.1 Å². The molecule has 0 atom stereocenters. The molecule has 1 heterocycles. The van der Waals surface area contributed by atoms with Crippen LogP contribution in [0.25, 0.3) is 0 Å². The molecule has 182 valence electrons. The second-order valence-electron chi connectivity index (χ2n) is 8.87. The monoisotopic (exact) mass is 472 g/mol. The summed E-state index contributed by atoms with van der Waals surface area (Å²) in [4.78, 5) is 29.2. The first-order chi connectivity index (χ1) is 15.4. The summed E-state index contributed by atoms with van der Waals surface area (Å²) >= 11 is 0. The molecule has 3 rings (SSSR count). The van der Waals surface area contributed by atoms with Crippen molar-refractivity contribution in [3.8, 4) is 0 Å². The Morgan fingerprint density at radius 3 is 2.34 bits per heavy atom. The first-order valence-electron chi connectivity index (χ1n) is 11.8. The Hall–Kier alpha value is -1.53. The van der Waals surface area contributed by atoms with Crippen LogP contribution < -0.4 is 26.8 Å². The van der Waals surface area contributed by atoms with Gasteiger partial charge in [-0.25, -0.2) is 0 Å². The highest BCUT2D eigenvalue weighted by Gasteiger charge is 2.24. The Balaban J connectivity index is 1.36. The van der Waals surface area contributed by atoms with Crippen molar-refractivity contribution in [1.29, 1.82) is 0 Å². The number of nitrogens with one attached hydrogen (secondary N) is 3. The van der Waals surface area contributed by atoms with Crippen LogP contribution in [-0.2, 0) is 15.1 Å². The lowest BCUT2D eigenvalue weighted by atomic mass is 9.90. The van der Waals surface area contributed by atoms with E-state index in [-0.39, 0.29) is 12.6 Å². The van der Waals surface area contributed by atoms with E-state index in [1.54, 1.807) is 0 Å². The predicted octanol–water partition coefficient (Wildman–Crippen LogP) is 1.65. The fourth-order valence-electron chi connectivity index (χ4n) is 4.41. The van der Waals surface area contributed by atoms with Crippen molar-refractivity contribution in [3.05, 3.63) is 20.4 Å². The van der Waals surface area contributed by atoms with E-state index in [0.717, 1.165) is 51.6 Å². The molecular weight excluding hydrogens is 436 g/mol. The molecule has 1 aliphatic heterocycles. The van der Waals surface area contributed by atoms with Crippen LogP contribution in [0.15, 0.2) is 9.59 Å². The normalized spacial score (nSPS) is 18.9. The van der Waals surface area contributed by atoms with Crippen LogP contribution in [0.4, 0.5) is 11.4 Å². The van der Waals surface area contributed by atoms with Gasteiger partial charge in [0.05, 0.1) is 6.61 Å². The third kappa shape index (κ3) is 7.24. The van der Waals surface area contributed by atoms with Crippen molar-refractivity contribution >= 4 is 21.7 Å². The fourth-order valence-corrected chi connectivity index (χ4v) is 4.97. The van der Waals surface area contributed by atoms with Crippen LogP contribution in [0.1, 0.15) is 64.2 Å². The Labute approximate surface area is 189 Å². The predicted molar refractivity (Wildman–Crippen MR) is 124 cm³/mol. The molecule has 1 aromatic carbocycles. The average Bonchev–Trinajstić information content (AvgIpc) is 2.79. The van der Waals surface area contributed by atoms with E-state index in [0.29, 0.717) is 54.2 Å². The molecule has 0 aromatic heterocycles. The molecule has 2 fully saturated rings. The second-order valence-corrected chi connectivity index (χ2v) is 10.2. The van der Waals surface area contributed by atoms with Gasteiger partial charge in [-0.05, 0) is 57.5 Å². The average molecular weight is 473 g/mol. The van der Waals surface area contributed by atoms with E-state index in [2.05, 4.69) is 16.0 Å². The fraction of sp³-hybridized carbons (Fsp3) is 0.810. The Kier molecular flexibility index (Phi) is 9.47. The number of hydrogen-bond acceptors (Lipinski definition) is 8.